The molecule has 0 spiro atoms. The quantitative estimate of drug-likeness (QED) is 0.0826. The third-order valence-corrected chi connectivity index (χ3v) is 9.00. The van der Waals surface area contributed by atoms with Gasteiger partial charge in [0.25, 0.3) is 10.0 Å². The predicted octanol–water partition coefficient (Wildman–Crippen LogP) is 5.24. The van der Waals surface area contributed by atoms with Gasteiger partial charge in [0.05, 0.1) is 16.3 Å². The number of azo groups is 1. The lowest BCUT2D eigenvalue weighted by atomic mass is 10.1. The zero-order chi connectivity index (χ0) is 29.9. The zero-order valence-electron chi connectivity index (χ0n) is 22.2. The highest BCUT2D eigenvalue weighted by atomic mass is 33.1. The minimum atomic E-state index is -3.86. The van der Waals surface area contributed by atoms with E-state index in [9.17, 15) is 26.4 Å². The van der Waals surface area contributed by atoms with Crippen LogP contribution < -0.4 is 9.46 Å². The zero-order valence-corrected chi connectivity index (χ0v) is 24.7. The molecular weight excluding hydrogens is 593 g/mol. The first kappa shape index (κ1) is 31.7. The number of nitrogens with zero attached hydrogens (tertiary/aromatic N) is 3. The molecule has 12 nitrogen and oxygen atoms in total. The van der Waals surface area contributed by atoms with Crippen molar-refractivity contribution < 1.29 is 35.9 Å². The van der Waals surface area contributed by atoms with Crippen molar-refractivity contribution in [3.8, 4) is 5.75 Å². The molecule has 15 heteroatoms. The van der Waals surface area contributed by atoms with Gasteiger partial charge in [-0.05, 0) is 71.8 Å². The third kappa shape index (κ3) is 10.6. The molecule has 0 atom stereocenters. The lowest BCUT2D eigenvalue weighted by molar-refractivity contribution is -0.134. The van der Waals surface area contributed by atoms with Crippen molar-refractivity contribution in [3.05, 3.63) is 72.4 Å². The first-order chi connectivity index (χ1) is 19.5. The van der Waals surface area contributed by atoms with Gasteiger partial charge in [-0.15, -0.1) is 0 Å². The van der Waals surface area contributed by atoms with Gasteiger partial charge in [-0.2, -0.15) is 10.2 Å². The van der Waals surface area contributed by atoms with E-state index in [1.54, 1.807) is 12.1 Å². The molecule has 1 heterocycles. The SMILES string of the molecule is CCCCC(=O)Oc1ccc(/N=N/c2ccc(S(=O)(=O)Nc3ccccn3)cc2)cc1C(=O)OCCSS(C)(=O)=O. The Balaban J connectivity index is 1.76. The highest BCUT2D eigenvalue weighted by molar-refractivity contribution is 8.71. The van der Waals surface area contributed by atoms with Gasteiger partial charge in [-0.3, -0.25) is 9.52 Å². The number of rotatable bonds is 14. The highest BCUT2D eigenvalue weighted by Crippen LogP contribution is 2.28. The van der Waals surface area contributed by atoms with Crippen molar-refractivity contribution in [2.24, 2.45) is 10.2 Å². The molecule has 2 aromatic carbocycles. The number of sulfonamides is 1. The predicted molar refractivity (Wildman–Crippen MR) is 155 cm³/mol. The summed E-state index contributed by atoms with van der Waals surface area (Å²) in [6.45, 7) is 1.74. The Bertz CT molecular complexity index is 1600. The van der Waals surface area contributed by atoms with Crippen molar-refractivity contribution in [3.63, 3.8) is 0 Å². The number of hydrogen-bond donors (Lipinski definition) is 1. The van der Waals surface area contributed by atoms with Gasteiger partial charge in [0.2, 0.25) is 0 Å². The van der Waals surface area contributed by atoms with Crippen LogP contribution in [0.25, 0.3) is 0 Å². The molecule has 0 fully saturated rings. The molecule has 0 saturated carbocycles. The van der Waals surface area contributed by atoms with Crippen molar-refractivity contribution in [2.75, 3.05) is 23.3 Å². The van der Waals surface area contributed by atoms with E-state index in [1.807, 2.05) is 6.92 Å². The molecule has 0 amide bonds. The van der Waals surface area contributed by atoms with Gasteiger partial charge >= 0.3 is 11.9 Å². The maximum Gasteiger partial charge on any atom is 0.342 e. The monoisotopic (exact) mass is 620 g/mol. The van der Waals surface area contributed by atoms with Crippen molar-refractivity contribution in [1.29, 1.82) is 0 Å². The Kier molecular flexibility index (Phi) is 11.4. The first-order valence-corrected chi connectivity index (χ1v) is 17.2. The molecule has 3 aromatic rings. The first-order valence-electron chi connectivity index (χ1n) is 12.3. The Morgan fingerprint density at radius 1 is 0.976 bits per heavy atom. The van der Waals surface area contributed by atoms with Crippen LogP contribution in [0.2, 0.25) is 0 Å². The number of anilines is 1. The van der Waals surface area contributed by atoms with Crippen LogP contribution in [0.1, 0.15) is 36.5 Å². The van der Waals surface area contributed by atoms with Crippen LogP contribution >= 0.6 is 10.8 Å². The number of pyridine rings is 1. The fraction of sp³-hybridized carbons (Fsp3) is 0.269. The molecule has 0 aliphatic heterocycles. The summed E-state index contributed by atoms with van der Waals surface area (Å²) in [5, 5.41) is 8.18. The van der Waals surface area contributed by atoms with Gasteiger partial charge in [0.1, 0.15) is 23.7 Å². The Morgan fingerprint density at radius 2 is 1.68 bits per heavy atom. The number of esters is 2. The summed E-state index contributed by atoms with van der Waals surface area (Å²) in [6.07, 6.45) is 4.09. The van der Waals surface area contributed by atoms with Gasteiger partial charge in [-0.25, -0.2) is 26.6 Å². The van der Waals surface area contributed by atoms with E-state index in [4.69, 9.17) is 9.47 Å². The van der Waals surface area contributed by atoms with Crippen LogP contribution in [0.5, 0.6) is 5.75 Å². The third-order valence-electron chi connectivity index (χ3n) is 5.09. The second-order valence-corrected chi connectivity index (χ2v) is 14.7. The van der Waals surface area contributed by atoms with E-state index >= 15 is 0 Å². The largest absolute Gasteiger partial charge is 0.461 e. The summed E-state index contributed by atoms with van der Waals surface area (Å²) >= 11 is 0. The van der Waals surface area contributed by atoms with Gasteiger partial charge in [-0.1, -0.05) is 19.4 Å². The second-order valence-electron chi connectivity index (χ2n) is 8.43. The van der Waals surface area contributed by atoms with E-state index in [1.165, 1.54) is 54.7 Å². The van der Waals surface area contributed by atoms with E-state index in [-0.39, 0.29) is 46.5 Å². The van der Waals surface area contributed by atoms with Crippen LogP contribution in [0, 0.1) is 0 Å². The van der Waals surface area contributed by atoms with Crippen LogP contribution in [0.15, 0.2) is 82.0 Å². The lowest BCUT2D eigenvalue weighted by Crippen LogP contribution is -2.13. The second kappa shape index (κ2) is 14.7. The molecule has 0 aliphatic carbocycles. The molecule has 218 valence electrons. The fourth-order valence-electron chi connectivity index (χ4n) is 3.15. The van der Waals surface area contributed by atoms with Crippen molar-refractivity contribution in [1.82, 2.24) is 4.98 Å². The average molecular weight is 621 g/mol. The maximum atomic E-state index is 12.8. The molecule has 3 rings (SSSR count). The standard InChI is InChI=1S/C26H28N4O8S3/c1-3-4-8-25(31)38-23-14-11-20(18-22(23)26(32)37-16-17-39-40(2,33)34)29-28-19-9-12-21(13-10-19)41(35,36)30-24-7-5-6-15-27-24/h5-7,9-15,18H,3-4,8,16-17H2,1-2H3,(H,27,30)/b29-28+. The van der Waals surface area contributed by atoms with Crippen LogP contribution in [-0.4, -0.2) is 52.4 Å². The van der Waals surface area contributed by atoms with E-state index in [0.29, 0.717) is 22.9 Å². The summed E-state index contributed by atoms with van der Waals surface area (Å²) in [6, 6.07) is 14.7. The van der Waals surface area contributed by atoms with Crippen LogP contribution in [0.4, 0.5) is 17.2 Å². The number of carbonyl (C=O) groups is 2. The summed E-state index contributed by atoms with van der Waals surface area (Å²) < 4.78 is 60.7. The minimum absolute atomic E-state index is 0.00425. The summed E-state index contributed by atoms with van der Waals surface area (Å²) in [7, 11) is -6.52. The molecule has 0 aliphatic rings. The van der Waals surface area contributed by atoms with Crippen LogP contribution in [-0.2, 0) is 28.4 Å². The van der Waals surface area contributed by atoms with E-state index in [2.05, 4.69) is 19.9 Å². The van der Waals surface area contributed by atoms with Gasteiger partial charge < -0.3 is 9.47 Å². The molecule has 0 unspecified atom stereocenters. The molecule has 1 N–H and O–H groups in total. The Labute approximate surface area is 242 Å². The van der Waals surface area contributed by atoms with Crippen molar-refractivity contribution >= 4 is 58.8 Å². The smallest absolute Gasteiger partial charge is 0.342 e. The van der Waals surface area contributed by atoms with E-state index < -0.39 is 30.8 Å². The summed E-state index contributed by atoms with van der Waals surface area (Å²) in [5.74, 6) is -1.17. The number of carbonyl (C=O) groups excluding carboxylic acids is 2. The highest BCUT2D eigenvalue weighted by Gasteiger charge is 2.19. The number of aromatic nitrogens is 1. The molecular formula is C26H28N4O8S3. The Morgan fingerprint density at radius 3 is 2.34 bits per heavy atom. The Hall–Kier alpha value is -3.82. The normalized spacial score (nSPS) is 11.8. The number of ether oxygens (including phenoxy) is 2. The number of nitrogens with one attached hydrogen (secondary N) is 1. The molecule has 0 bridgehead atoms. The van der Waals surface area contributed by atoms with E-state index in [0.717, 1.165) is 12.7 Å². The van der Waals surface area contributed by atoms with Gasteiger partial charge in [0, 0.05) is 24.6 Å². The molecule has 1 aromatic heterocycles. The molecule has 0 saturated heterocycles. The van der Waals surface area contributed by atoms with Crippen molar-refractivity contribution in [2.45, 2.75) is 31.1 Å². The number of unbranched alkanes of at least 4 members (excludes halogenated alkanes) is 1. The van der Waals surface area contributed by atoms with Crippen LogP contribution in [0.3, 0.4) is 0 Å². The molecule has 0 radical (unpaired) electrons. The average Bonchev–Trinajstić information content (AvgIpc) is 2.93. The summed E-state index contributed by atoms with van der Waals surface area (Å²) in [4.78, 5) is 28.9. The lowest BCUT2D eigenvalue weighted by Gasteiger charge is -2.11. The summed E-state index contributed by atoms with van der Waals surface area (Å²) in [5.41, 5.74) is 0.473. The topological polar surface area (TPSA) is 171 Å². The molecule has 41 heavy (non-hydrogen) atoms. The van der Waals surface area contributed by atoms with Gasteiger partial charge in [0.15, 0.2) is 8.87 Å². The minimum Gasteiger partial charge on any atom is -0.461 e. The number of hydrogen-bond acceptors (Lipinski definition) is 12. The maximum absolute atomic E-state index is 12.8. The fourth-order valence-corrected chi connectivity index (χ4v) is 5.72. The number of benzene rings is 2.